The summed E-state index contributed by atoms with van der Waals surface area (Å²) in [5.74, 6) is 1.26. The van der Waals surface area contributed by atoms with Crippen molar-refractivity contribution in [2.24, 2.45) is 0 Å². The van der Waals surface area contributed by atoms with Gasteiger partial charge in [0.2, 0.25) is 0 Å². The van der Waals surface area contributed by atoms with Gasteiger partial charge in [-0.2, -0.15) is 0 Å². The summed E-state index contributed by atoms with van der Waals surface area (Å²) in [6.07, 6.45) is 3.64. The number of pyridine rings is 1. The molecule has 2 aliphatic rings. The number of ether oxygens (including phenoxy) is 1. The van der Waals surface area contributed by atoms with Crippen LogP contribution in [0.2, 0.25) is 0 Å². The number of amides is 3. The summed E-state index contributed by atoms with van der Waals surface area (Å²) in [5, 5.41) is 10.2. The first-order valence-corrected chi connectivity index (χ1v) is 13.2. The average molecular weight is 514 g/mol. The topological polar surface area (TPSA) is 95.6 Å². The van der Waals surface area contributed by atoms with Crippen LogP contribution in [0.4, 0.5) is 21.9 Å². The summed E-state index contributed by atoms with van der Waals surface area (Å²) in [5.41, 5.74) is 4.01. The highest BCUT2D eigenvalue weighted by molar-refractivity contribution is 7.21. The lowest BCUT2D eigenvalue weighted by molar-refractivity contribution is 0.0935. The van der Waals surface area contributed by atoms with Crippen molar-refractivity contribution in [1.29, 1.82) is 0 Å². The molecule has 9 heteroatoms. The first kappa shape index (κ1) is 23.4. The van der Waals surface area contributed by atoms with Gasteiger partial charge in [0.1, 0.15) is 21.2 Å². The number of aromatic nitrogens is 1. The second kappa shape index (κ2) is 9.49. The van der Waals surface area contributed by atoms with Gasteiger partial charge in [-0.3, -0.25) is 9.69 Å². The van der Waals surface area contributed by atoms with E-state index in [1.807, 2.05) is 62.4 Å². The minimum atomic E-state index is -0.318. The molecule has 0 aliphatic carbocycles. The van der Waals surface area contributed by atoms with Gasteiger partial charge in [-0.05, 0) is 75.2 Å². The third kappa shape index (κ3) is 4.41. The molecule has 0 bridgehead atoms. The zero-order valence-corrected chi connectivity index (χ0v) is 21.4. The van der Waals surface area contributed by atoms with E-state index in [0.29, 0.717) is 26.8 Å². The fraction of sp³-hybridized carbons (Fsp3) is 0.250. The molecule has 1 atom stereocenters. The number of nitrogens with zero attached hydrogens (tertiary/aromatic N) is 2. The van der Waals surface area contributed by atoms with Crippen LogP contribution in [0.3, 0.4) is 0 Å². The molecule has 37 heavy (non-hydrogen) atoms. The van der Waals surface area contributed by atoms with Crippen LogP contribution in [0.1, 0.15) is 33.6 Å². The van der Waals surface area contributed by atoms with E-state index in [-0.39, 0.29) is 18.0 Å². The molecular weight excluding hydrogens is 486 g/mol. The predicted octanol–water partition coefficient (Wildman–Crippen LogP) is 5.87. The zero-order chi connectivity index (χ0) is 25.5. The van der Waals surface area contributed by atoms with Gasteiger partial charge in [0, 0.05) is 18.8 Å². The fourth-order valence-corrected chi connectivity index (χ4v) is 5.92. The average Bonchev–Trinajstić information content (AvgIpc) is 3.27. The molecule has 0 saturated carbocycles. The SMILES string of the molecule is Cc1ccc(Oc2ccc(N3C(=O)Nc4c(C(=O)N[C@@H]5CCCNC5)sc5nccc3c45)c(C)c2)cc1. The highest BCUT2D eigenvalue weighted by atomic mass is 32.1. The molecule has 4 heterocycles. The van der Waals surface area contributed by atoms with E-state index in [4.69, 9.17) is 4.74 Å². The Morgan fingerprint density at radius 3 is 2.68 bits per heavy atom. The number of carbonyl (C=O) groups is 2. The van der Waals surface area contributed by atoms with Crippen molar-refractivity contribution in [1.82, 2.24) is 15.6 Å². The molecule has 0 unspecified atom stereocenters. The Bertz CT molecular complexity index is 1510. The number of hydrogen-bond donors (Lipinski definition) is 3. The van der Waals surface area contributed by atoms with E-state index >= 15 is 0 Å². The largest absolute Gasteiger partial charge is 0.457 e. The molecule has 2 aromatic carbocycles. The van der Waals surface area contributed by atoms with Crippen LogP contribution in [0.15, 0.2) is 54.7 Å². The minimum Gasteiger partial charge on any atom is -0.457 e. The second-order valence-corrected chi connectivity index (χ2v) is 10.5. The molecule has 1 saturated heterocycles. The lowest BCUT2D eigenvalue weighted by Crippen LogP contribution is -2.45. The van der Waals surface area contributed by atoms with Crippen LogP contribution in [0, 0.1) is 13.8 Å². The van der Waals surface area contributed by atoms with Crippen molar-refractivity contribution < 1.29 is 14.3 Å². The second-order valence-electron chi connectivity index (χ2n) is 9.46. The van der Waals surface area contributed by atoms with E-state index < -0.39 is 0 Å². The van der Waals surface area contributed by atoms with Crippen LogP contribution in [0.5, 0.6) is 11.5 Å². The first-order valence-electron chi connectivity index (χ1n) is 12.4. The number of hydrogen-bond acceptors (Lipinski definition) is 6. The summed E-state index contributed by atoms with van der Waals surface area (Å²) in [7, 11) is 0. The van der Waals surface area contributed by atoms with Crippen molar-refractivity contribution in [2.45, 2.75) is 32.7 Å². The fourth-order valence-electron chi connectivity index (χ4n) is 4.89. The molecule has 0 radical (unpaired) electrons. The molecule has 188 valence electrons. The number of carbonyl (C=O) groups excluding carboxylic acids is 2. The van der Waals surface area contributed by atoms with Crippen LogP contribution in [0.25, 0.3) is 10.2 Å². The lowest BCUT2D eigenvalue weighted by atomic mass is 10.1. The number of piperidine rings is 1. The van der Waals surface area contributed by atoms with E-state index in [1.165, 1.54) is 11.3 Å². The maximum Gasteiger partial charge on any atom is 0.331 e. The third-order valence-electron chi connectivity index (χ3n) is 6.75. The molecule has 8 nitrogen and oxygen atoms in total. The zero-order valence-electron chi connectivity index (χ0n) is 20.6. The van der Waals surface area contributed by atoms with Gasteiger partial charge in [-0.15, -0.1) is 11.3 Å². The smallest absolute Gasteiger partial charge is 0.331 e. The molecule has 2 aliphatic heterocycles. The molecule has 6 rings (SSSR count). The van der Waals surface area contributed by atoms with Gasteiger partial charge < -0.3 is 20.7 Å². The summed E-state index contributed by atoms with van der Waals surface area (Å²) in [4.78, 5) is 34.0. The summed E-state index contributed by atoms with van der Waals surface area (Å²) in [6.45, 7) is 5.70. The number of urea groups is 1. The van der Waals surface area contributed by atoms with Gasteiger partial charge in [-0.1, -0.05) is 17.7 Å². The van der Waals surface area contributed by atoms with Crippen molar-refractivity contribution in [3.63, 3.8) is 0 Å². The van der Waals surface area contributed by atoms with Crippen LogP contribution in [-0.2, 0) is 0 Å². The summed E-state index contributed by atoms with van der Waals surface area (Å²) < 4.78 is 6.01. The summed E-state index contributed by atoms with van der Waals surface area (Å²) >= 11 is 1.30. The highest BCUT2D eigenvalue weighted by Crippen LogP contribution is 2.46. The Labute approximate surface area is 218 Å². The molecular formula is C28H27N5O3S. The monoisotopic (exact) mass is 513 g/mol. The third-order valence-corrected chi connectivity index (χ3v) is 7.85. The molecule has 0 spiro atoms. The van der Waals surface area contributed by atoms with Crippen LogP contribution < -0.4 is 25.6 Å². The molecule has 3 N–H and O–H groups in total. The maximum absolute atomic E-state index is 13.4. The van der Waals surface area contributed by atoms with Gasteiger partial charge >= 0.3 is 6.03 Å². The normalized spacial score (nSPS) is 17.0. The van der Waals surface area contributed by atoms with E-state index in [0.717, 1.165) is 53.9 Å². The van der Waals surface area contributed by atoms with Crippen molar-refractivity contribution in [3.8, 4) is 11.5 Å². The number of nitrogens with one attached hydrogen (secondary N) is 3. The predicted molar refractivity (Wildman–Crippen MR) is 147 cm³/mol. The molecule has 2 aromatic heterocycles. The lowest BCUT2D eigenvalue weighted by Gasteiger charge is -2.30. The van der Waals surface area contributed by atoms with Gasteiger partial charge in [0.15, 0.2) is 0 Å². The number of rotatable bonds is 5. The number of anilines is 3. The first-order chi connectivity index (χ1) is 18.0. The van der Waals surface area contributed by atoms with E-state index in [2.05, 4.69) is 20.9 Å². The molecule has 4 aromatic rings. The molecule has 3 amide bonds. The van der Waals surface area contributed by atoms with E-state index in [1.54, 1.807) is 11.1 Å². The Balaban J connectivity index is 1.33. The van der Waals surface area contributed by atoms with Crippen molar-refractivity contribution in [2.75, 3.05) is 23.3 Å². The standard InChI is InChI=1S/C28H27N5O3S/c1-16-5-7-19(8-6-16)36-20-9-10-21(17(2)14-20)33-22-11-13-30-27-23(22)24(32-28(33)35)25(37-27)26(34)31-18-4-3-12-29-15-18/h5-11,13-14,18,29H,3-4,12,15H2,1-2H3,(H,31,34)(H,32,35)/t18-/m1/s1. The maximum atomic E-state index is 13.4. The summed E-state index contributed by atoms with van der Waals surface area (Å²) in [6, 6.07) is 15.1. The Morgan fingerprint density at radius 2 is 1.92 bits per heavy atom. The van der Waals surface area contributed by atoms with Crippen LogP contribution >= 0.6 is 11.3 Å². The Kier molecular flexibility index (Phi) is 6.02. The van der Waals surface area contributed by atoms with E-state index in [9.17, 15) is 9.59 Å². The van der Waals surface area contributed by atoms with Gasteiger partial charge in [-0.25, -0.2) is 9.78 Å². The quantitative estimate of drug-likeness (QED) is 0.310. The Hall–Kier alpha value is -3.95. The van der Waals surface area contributed by atoms with Crippen LogP contribution in [-0.4, -0.2) is 36.1 Å². The Morgan fingerprint density at radius 1 is 1.11 bits per heavy atom. The van der Waals surface area contributed by atoms with Crippen molar-refractivity contribution >= 4 is 50.6 Å². The van der Waals surface area contributed by atoms with Gasteiger partial charge in [0.05, 0.1) is 22.4 Å². The highest BCUT2D eigenvalue weighted by Gasteiger charge is 2.33. The van der Waals surface area contributed by atoms with Crippen molar-refractivity contribution in [3.05, 3.63) is 70.7 Å². The van der Waals surface area contributed by atoms with Gasteiger partial charge in [0.25, 0.3) is 5.91 Å². The number of aryl methyl sites for hydroxylation is 2. The minimum absolute atomic E-state index is 0.0742. The number of thiophene rings is 1. The molecule has 1 fully saturated rings. The number of benzene rings is 2.